The molecule has 3 aliphatic rings. The number of carbonyl (C=O) groups excluding carboxylic acids is 9. The van der Waals surface area contributed by atoms with Crippen LogP contribution in [0.5, 0.6) is 0 Å². The van der Waals surface area contributed by atoms with Gasteiger partial charge < -0.3 is 75.4 Å². The highest BCUT2D eigenvalue weighted by molar-refractivity contribution is 5.96. The van der Waals surface area contributed by atoms with Gasteiger partial charge >= 0.3 is 0 Å². The van der Waals surface area contributed by atoms with Crippen LogP contribution < -0.4 is 31.9 Å². The second-order valence-corrected chi connectivity index (χ2v) is 37.1. The molecule has 3 saturated heterocycles. The van der Waals surface area contributed by atoms with Gasteiger partial charge in [-0.25, -0.2) is 9.97 Å². The SMILES string of the molecule is Cc1nccn1-c1ccc(C(C)NC(=O)C2CC(O)CN2C(=O)C(NC(=O)CC(C)(C)C)C(C)(C)C)cc1.Cc1ncoc1-c1ccc(CNC(=O)C2CC(O)CN2C(=O)C(NC(=O)CC(C)(C)C)C(C)(C)C)cc1.Cc1nocc1-c1ccc(CNC(=O)C2CC(O)CN2C(=O)C(NC(=O)CC(C)(C)C)C(C)(C)C)cc1. The lowest BCUT2D eigenvalue weighted by atomic mass is 9.84. The summed E-state index contributed by atoms with van der Waals surface area (Å²) >= 11 is 0. The third-order valence-electron chi connectivity index (χ3n) is 19.7. The molecule has 6 aromatic rings. The van der Waals surface area contributed by atoms with E-state index in [-0.39, 0.29) is 147 Å². The predicted molar refractivity (Wildman–Crippen MR) is 427 cm³/mol. The zero-order chi connectivity index (χ0) is 83.5. The molecule has 0 spiro atoms. The van der Waals surface area contributed by atoms with Gasteiger partial charge in [0.05, 0.1) is 35.7 Å². The van der Waals surface area contributed by atoms with Crippen molar-refractivity contribution < 1.29 is 67.4 Å². The van der Waals surface area contributed by atoms with Gasteiger partial charge in [0, 0.05) is 100 Å². The highest BCUT2D eigenvalue weighted by atomic mass is 16.5. The minimum atomic E-state index is -0.824. The monoisotopic (exact) mass is 1550 g/mol. The normalized spacial score (nSPS) is 19.2. The minimum Gasteiger partial charge on any atom is -0.443 e. The Labute approximate surface area is 660 Å². The van der Waals surface area contributed by atoms with Crippen LogP contribution in [0.3, 0.4) is 0 Å². The number of aliphatic hydroxyl groups excluding tert-OH is 3. The third kappa shape index (κ3) is 25.5. The van der Waals surface area contributed by atoms with Gasteiger partial charge in [-0.05, 0) is 94.6 Å². The molecule has 9 amide bonds. The second-order valence-electron chi connectivity index (χ2n) is 37.1. The van der Waals surface area contributed by atoms with Crippen molar-refractivity contribution in [2.24, 2.45) is 32.5 Å². The van der Waals surface area contributed by atoms with E-state index in [2.05, 4.69) is 47.0 Å². The number of oxazole rings is 1. The molecular weight excluding hydrogens is 1430 g/mol. The number of hydrogen-bond donors (Lipinski definition) is 9. The number of aryl methyl sites for hydroxylation is 3. The van der Waals surface area contributed by atoms with Crippen LogP contribution in [-0.2, 0) is 56.2 Å². The first kappa shape index (κ1) is 89.6. The lowest BCUT2D eigenvalue weighted by Crippen LogP contribution is -2.58. The van der Waals surface area contributed by atoms with E-state index in [1.54, 1.807) is 12.5 Å². The number of aliphatic hydroxyl groups is 3. The number of hydrogen-bond acceptors (Lipinski definition) is 17. The number of imidazole rings is 1. The molecule has 6 heterocycles. The van der Waals surface area contributed by atoms with Crippen molar-refractivity contribution >= 4 is 53.2 Å². The van der Waals surface area contributed by atoms with E-state index < -0.39 is 70.8 Å². The largest absolute Gasteiger partial charge is 0.443 e. The second kappa shape index (κ2) is 36.9. The van der Waals surface area contributed by atoms with E-state index in [9.17, 15) is 58.5 Å². The Kier molecular flexibility index (Phi) is 29.5. The molecule has 3 aromatic carbocycles. The highest BCUT2D eigenvalue weighted by Gasteiger charge is 2.48. The molecule has 10 atom stereocenters. The molecule has 112 heavy (non-hydrogen) atoms. The number of β-amino-alcohol motifs (C(OH)–C–C–N with tert-alkyl or cyclic N) is 3. The number of nitrogens with one attached hydrogen (secondary N) is 6. The Morgan fingerprint density at radius 1 is 0.482 bits per heavy atom. The van der Waals surface area contributed by atoms with Gasteiger partial charge in [0.1, 0.15) is 48.3 Å². The molecule has 0 radical (unpaired) electrons. The summed E-state index contributed by atoms with van der Waals surface area (Å²) in [6.45, 7) is 42.8. The van der Waals surface area contributed by atoms with Crippen LogP contribution in [0.15, 0.2) is 107 Å². The van der Waals surface area contributed by atoms with Crippen LogP contribution in [-0.4, -0.2) is 177 Å². The molecule has 0 aliphatic carbocycles. The molecule has 0 bridgehead atoms. The first-order valence-electron chi connectivity index (χ1n) is 38.7. The Balaban J connectivity index is 0.000000233. The first-order valence-corrected chi connectivity index (χ1v) is 38.7. The Morgan fingerprint density at radius 2 is 0.857 bits per heavy atom. The first-order chi connectivity index (χ1) is 51.9. The van der Waals surface area contributed by atoms with Gasteiger partial charge in [-0.1, -0.05) is 190 Å². The molecule has 10 unspecified atom stereocenters. The summed E-state index contributed by atoms with van der Waals surface area (Å²) in [7, 11) is 0. The van der Waals surface area contributed by atoms with E-state index >= 15 is 0 Å². The number of carbonyl (C=O) groups is 9. The summed E-state index contributed by atoms with van der Waals surface area (Å²) in [4.78, 5) is 131. The Bertz CT molecular complexity index is 4040. The highest BCUT2D eigenvalue weighted by Crippen LogP contribution is 2.33. The molecule has 3 aliphatic heterocycles. The van der Waals surface area contributed by atoms with E-state index in [0.717, 1.165) is 56.3 Å². The molecule has 9 N–H and O–H groups in total. The lowest BCUT2D eigenvalue weighted by molar-refractivity contribution is -0.144. The molecule has 27 heteroatoms. The van der Waals surface area contributed by atoms with Crippen LogP contribution in [0.1, 0.15) is 210 Å². The molecular formula is C85H123N13O14. The number of amides is 9. The predicted octanol–water partition coefficient (Wildman–Crippen LogP) is 9.68. The smallest absolute Gasteiger partial charge is 0.246 e. The van der Waals surface area contributed by atoms with Gasteiger partial charge in [0.2, 0.25) is 53.2 Å². The van der Waals surface area contributed by atoms with Crippen molar-refractivity contribution in [1.82, 2.24) is 66.3 Å². The van der Waals surface area contributed by atoms with E-state index in [0.29, 0.717) is 5.76 Å². The van der Waals surface area contributed by atoms with Crippen molar-refractivity contribution in [3.63, 3.8) is 0 Å². The van der Waals surface area contributed by atoms with Crippen LogP contribution in [0.25, 0.3) is 28.1 Å². The van der Waals surface area contributed by atoms with E-state index in [1.165, 1.54) is 21.1 Å². The maximum atomic E-state index is 13.7. The average molecular weight is 1550 g/mol. The fourth-order valence-corrected chi connectivity index (χ4v) is 13.7. The van der Waals surface area contributed by atoms with Crippen molar-refractivity contribution in [1.29, 1.82) is 0 Å². The fourth-order valence-electron chi connectivity index (χ4n) is 13.7. The summed E-state index contributed by atoms with van der Waals surface area (Å²) in [6, 6.07) is 17.9. The summed E-state index contributed by atoms with van der Waals surface area (Å²) in [6.07, 6.45) is 5.47. The van der Waals surface area contributed by atoms with Gasteiger partial charge in [0.25, 0.3) is 0 Å². The summed E-state index contributed by atoms with van der Waals surface area (Å²) in [5.74, 6) is -1.15. The molecule has 3 aromatic heterocycles. The van der Waals surface area contributed by atoms with Gasteiger partial charge in [-0.15, -0.1) is 0 Å². The average Bonchev–Trinajstić information content (AvgIpc) is 1.64. The molecule has 3 fully saturated rings. The van der Waals surface area contributed by atoms with Crippen LogP contribution in [0, 0.1) is 53.3 Å². The molecule has 9 rings (SSSR count). The standard InChI is InChI=1S/C29H43N5O4.2C28H40N4O5/c1-18(20-9-11-21(12-10-20)33-14-13-30-19(33)2)31-26(37)23-15-22(35)17-34(23)27(38)25(29(6,7)8)32-24(36)16-28(3,4)5;1-17-21(16-37-31-17)19-10-8-18(9-11-19)14-29-25(35)22-12-20(33)15-32(22)26(36)24(28(5,6)7)30-23(34)13-27(2,3)4;1-17-23(37-16-30-17)19-10-8-18(9-11-19)14-29-25(35)21-12-20(33)15-32(21)26(36)24(28(5,6)7)31-22(34)13-27(2,3)4/h9-14,18,22-23,25,35H,15-17H2,1-8H3,(H,31,37)(H,32,36);8-11,16,20,22,24,33H,12-15H2,1-7H3,(H,29,35)(H,30,34);8-11,16,20-21,24,33H,12-15H2,1-7H3,(H,29,35)(H,31,34). The molecule has 27 nitrogen and oxygen atoms in total. The fraction of sp³-hybridized carbons (Fsp3) is 0.576. The van der Waals surface area contributed by atoms with Crippen molar-refractivity contribution in [2.75, 3.05) is 19.6 Å². The number of nitrogens with zero attached hydrogens (tertiary/aromatic N) is 7. The lowest BCUT2D eigenvalue weighted by Gasteiger charge is -2.36. The van der Waals surface area contributed by atoms with Gasteiger partial charge in [0.15, 0.2) is 12.2 Å². The quantitative estimate of drug-likeness (QED) is 0.0323. The van der Waals surface area contributed by atoms with Crippen LogP contribution in [0.4, 0.5) is 0 Å². The van der Waals surface area contributed by atoms with E-state index in [1.807, 2.05) is 236 Å². The molecule has 612 valence electrons. The zero-order valence-corrected chi connectivity index (χ0v) is 69.8. The van der Waals surface area contributed by atoms with E-state index in [4.69, 9.17) is 8.94 Å². The van der Waals surface area contributed by atoms with Crippen LogP contribution in [0.2, 0.25) is 0 Å². The summed E-state index contributed by atoms with van der Waals surface area (Å²) < 4.78 is 12.4. The topological polar surface area (TPSA) is 366 Å². The zero-order valence-electron chi connectivity index (χ0n) is 69.8. The number of rotatable bonds is 21. The molecule has 0 saturated carbocycles. The Morgan fingerprint density at radius 3 is 1.18 bits per heavy atom. The van der Waals surface area contributed by atoms with Crippen LogP contribution >= 0.6 is 0 Å². The summed E-state index contributed by atoms with van der Waals surface area (Å²) in [5.41, 5.74) is 5.60. The van der Waals surface area contributed by atoms with Crippen molar-refractivity contribution in [3.8, 4) is 28.1 Å². The van der Waals surface area contributed by atoms with Crippen molar-refractivity contribution in [2.45, 2.75) is 265 Å². The van der Waals surface area contributed by atoms with Gasteiger partial charge in [-0.3, -0.25) is 43.2 Å². The van der Waals surface area contributed by atoms with Gasteiger partial charge in [-0.2, -0.15) is 0 Å². The maximum Gasteiger partial charge on any atom is 0.246 e. The van der Waals surface area contributed by atoms with Crippen molar-refractivity contribution in [3.05, 3.63) is 132 Å². The Hall–Kier alpha value is -9.60. The third-order valence-corrected chi connectivity index (χ3v) is 19.7. The number of benzene rings is 3. The number of likely N-dealkylation sites (tertiary alicyclic amines) is 3. The number of aromatic nitrogens is 4. The maximum absolute atomic E-state index is 13.7. The summed E-state index contributed by atoms with van der Waals surface area (Å²) in [5, 5.41) is 52.5. The minimum absolute atomic E-state index is 0.0455.